The van der Waals surface area contributed by atoms with Crippen LogP contribution in [0.4, 0.5) is 10.8 Å². The number of azo groups is 1. The smallest absolute Gasteiger partial charge is 0.229 e. The van der Waals surface area contributed by atoms with Crippen molar-refractivity contribution in [3.63, 3.8) is 0 Å². The first-order valence-corrected chi connectivity index (χ1v) is 5.66. The number of hydrogen-bond donors (Lipinski definition) is 1. The minimum Gasteiger partial charge on any atom is -0.508 e. The molecule has 1 N–H and O–H groups in total. The number of phenols is 1. The van der Waals surface area contributed by atoms with Gasteiger partial charge in [0.25, 0.3) is 0 Å². The summed E-state index contributed by atoms with van der Waals surface area (Å²) in [5, 5.41) is 20.1. The molecule has 1 heterocycles. The van der Waals surface area contributed by atoms with Crippen LogP contribution < -0.4 is 0 Å². The number of benzene rings is 1. The molecule has 0 aliphatic rings. The molecule has 2 rings (SSSR count). The molecular formula is C11H11N3OS. The molecule has 4 nitrogen and oxygen atoms in total. The van der Waals surface area contributed by atoms with Gasteiger partial charge in [0.05, 0.1) is 5.69 Å². The first-order valence-electron chi connectivity index (χ1n) is 4.78. The number of hydrogen-bond acceptors (Lipinski definition) is 5. The second-order valence-electron chi connectivity index (χ2n) is 3.44. The summed E-state index contributed by atoms with van der Waals surface area (Å²) in [5.74, 6) is 0.283. The molecular weight excluding hydrogens is 222 g/mol. The topological polar surface area (TPSA) is 57.8 Å². The predicted molar refractivity (Wildman–Crippen MR) is 63.9 cm³/mol. The summed E-state index contributed by atoms with van der Waals surface area (Å²) >= 11 is 1.43. The zero-order valence-corrected chi connectivity index (χ0v) is 9.82. The lowest BCUT2D eigenvalue weighted by Gasteiger charge is -2.02. The van der Waals surface area contributed by atoms with E-state index in [0.29, 0.717) is 5.13 Å². The Morgan fingerprint density at radius 1 is 1.19 bits per heavy atom. The van der Waals surface area contributed by atoms with E-state index in [9.17, 15) is 5.11 Å². The molecule has 0 amide bonds. The Hall–Kier alpha value is -1.75. The molecule has 0 bridgehead atoms. The van der Waals surface area contributed by atoms with Gasteiger partial charge in [0, 0.05) is 11.6 Å². The molecule has 0 atom stereocenters. The van der Waals surface area contributed by atoms with Crippen LogP contribution in [0.5, 0.6) is 5.75 Å². The van der Waals surface area contributed by atoms with Crippen molar-refractivity contribution >= 4 is 22.2 Å². The standard InChI is InChI=1S/C11H11N3OS/c1-7-6-10(15)8(2)5-9(7)13-14-11-12-3-4-16-11/h3-6,15H,1-2H3/b14-13+. The lowest BCUT2D eigenvalue weighted by molar-refractivity contribution is 0.470. The van der Waals surface area contributed by atoms with E-state index in [1.807, 2.05) is 25.3 Å². The van der Waals surface area contributed by atoms with E-state index in [4.69, 9.17) is 0 Å². The van der Waals surface area contributed by atoms with Crippen molar-refractivity contribution in [3.05, 3.63) is 34.8 Å². The van der Waals surface area contributed by atoms with E-state index >= 15 is 0 Å². The Morgan fingerprint density at radius 3 is 2.69 bits per heavy atom. The van der Waals surface area contributed by atoms with Crippen LogP contribution in [0.15, 0.2) is 33.9 Å². The molecule has 0 fully saturated rings. The quantitative estimate of drug-likeness (QED) is 0.800. The molecule has 1 aromatic heterocycles. The van der Waals surface area contributed by atoms with Gasteiger partial charge < -0.3 is 5.11 Å². The van der Waals surface area contributed by atoms with Gasteiger partial charge in [-0.15, -0.1) is 21.6 Å². The van der Waals surface area contributed by atoms with Crippen LogP contribution in [-0.2, 0) is 0 Å². The Balaban J connectivity index is 2.31. The van der Waals surface area contributed by atoms with Gasteiger partial charge in [-0.3, -0.25) is 0 Å². The van der Waals surface area contributed by atoms with Gasteiger partial charge in [-0.2, -0.15) is 0 Å². The maximum atomic E-state index is 9.49. The van der Waals surface area contributed by atoms with Crippen molar-refractivity contribution in [3.8, 4) is 5.75 Å². The highest BCUT2D eigenvalue weighted by Crippen LogP contribution is 2.28. The third-order valence-corrected chi connectivity index (χ3v) is 2.83. The Morgan fingerprint density at radius 2 is 2.00 bits per heavy atom. The Labute approximate surface area is 97.3 Å². The van der Waals surface area contributed by atoms with Gasteiger partial charge in [0.15, 0.2) is 0 Å². The summed E-state index contributed by atoms with van der Waals surface area (Å²) in [6, 6.07) is 3.49. The minimum atomic E-state index is 0.283. The fraction of sp³-hybridized carbons (Fsp3) is 0.182. The van der Waals surface area contributed by atoms with Gasteiger partial charge in [0.1, 0.15) is 5.75 Å². The summed E-state index contributed by atoms with van der Waals surface area (Å²) in [7, 11) is 0. The number of rotatable bonds is 2. The second-order valence-corrected chi connectivity index (χ2v) is 4.31. The third kappa shape index (κ3) is 2.25. The van der Waals surface area contributed by atoms with Crippen molar-refractivity contribution in [2.45, 2.75) is 13.8 Å². The third-order valence-electron chi connectivity index (χ3n) is 2.18. The summed E-state index contributed by atoms with van der Waals surface area (Å²) in [6.45, 7) is 3.71. The van der Waals surface area contributed by atoms with Crippen LogP contribution in [-0.4, -0.2) is 10.1 Å². The lowest BCUT2D eigenvalue weighted by Crippen LogP contribution is -1.78. The average Bonchev–Trinajstić information content (AvgIpc) is 2.74. The molecule has 1 aromatic carbocycles. The Bertz CT molecular complexity index is 520. The molecule has 0 spiro atoms. The van der Waals surface area contributed by atoms with Gasteiger partial charge in [-0.05, 0) is 37.1 Å². The molecule has 82 valence electrons. The maximum Gasteiger partial charge on any atom is 0.229 e. The van der Waals surface area contributed by atoms with Gasteiger partial charge in [-0.1, -0.05) is 0 Å². The van der Waals surface area contributed by atoms with Gasteiger partial charge in [-0.25, -0.2) is 4.98 Å². The summed E-state index contributed by atoms with van der Waals surface area (Å²) in [5.41, 5.74) is 2.44. The SMILES string of the molecule is Cc1cc(/N=N/c2nccs2)c(C)cc1O. The molecule has 5 heteroatoms. The fourth-order valence-electron chi connectivity index (χ4n) is 1.26. The van der Waals surface area contributed by atoms with Crippen LogP contribution >= 0.6 is 11.3 Å². The lowest BCUT2D eigenvalue weighted by atomic mass is 10.1. The van der Waals surface area contributed by atoms with Crippen molar-refractivity contribution in [2.75, 3.05) is 0 Å². The molecule has 0 aliphatic heterocycles. The minimum absolute atomic E-state index is 0.283. The summed E-state index contributed by atoms with van der Waals surface area (Å²) in [6.07, 6.45) is 1.69. The molecule has 0 radical (unpaired) electrons. The van der Waals surface area contributed by atoms with E-state index in [1.165, 1.54) is 11.3 Å². The van der Waals surface area contributed by atoms with Crippen molar-refractivity contribution in [1.29, 1.82) is 0 Å². The number of thiazole rings is 1. The number of phenolic OH excluding ortho intramolecular Hbond substituents is 1. The average molecular weight is 233 g/mol. The summed E-state index contributed by atoms with van der Waals surface area (Å²) in [4.78, 5) is 4.01. The van der Waals surface area contributed by atoms with Crippen LogP contribution in [0.3, 0.4) is 0 Å². The molecule has 0 aliphatic carbocycles. The highest BCUT2D eigenvalue weighted by molar-refractivity contribution is 7.13. The highest BCUT2D eigenvalue weighted by atomic mass is 32.1. The number of aryl methyl sites for hydroxylation is 2. The van der Waals surface area contributed by atoms with E-state index in [2.05, 4.69) is 15.2 Å². The van der Waals surface area contributed by atoms with Crippen LogP contribution in [0.1, 0.15) is 11.1 Å². The van der Waals surface area contributed by atoms with Gasteiger partial charge in [0.2, 0.25) is 5.13 Å². The highest BCUT2D eigenvalue weighted by Gasteiger charge is 2.02. The number of nitrogens with zero attached hydrogens (tertiary/aromatic N) is 3. The van der Waals surface area contributed by atoms with Gasteiger partial charge >= 0.3 is 0 Å². The monoisotopic (exact) mass is 233 g/mol. The maximum absolute atomic E-state index is 9.49. The van der Waals surface area contributed by atoms with Crippen LogP contribution in [0, 0.1) is 13.8 Å². The zero-order chi connectivity index (χ0) is 11.5. The first kappa shape index (κ1) is 10.8. The molecule has 2 aromatic rings. The second kappa shape index (κ2) is 4.40. The van der Waals surface area contributed by atoms with E-state index in [1.54, 1.807) is 12.3 Å². The fourth-order valence-corrected chi connectivity index (χ4v) is 1.71. The van der Waals surface area contributed by atoms with Crippen LogP contribution in [0.25, 0.3) is 0 Å². The molecule has 0 saturated heterocycles. The largest absolute Gasteiger partial charge is 0.508 e. The number of aromatic nitrogens is 1. The van der Waals surface area contributed by atoms with Crippen molar-refractivity contribution in [1.82, 2.24) is 4.98 Å². The van der Waals surface area contributed by atoms with E-state index < -0.39 is 0 Å². The first-order chi connectivity index (χ1) is 7.66. The zero-order valence-electron chi connectivity index (χ0n) is 9.01. The van der Waals surface area contributed by atoms with Crippen molar-refractivity contribution in [2.24, 2.45) is 10.2 Å². The predicted octanol–water partition coefficient (Wildman–Crippen LogP) is 3.88. The number of aromatic hydroxyl groups is 1. The van der Waals surface area contributed by atoms with Crippen molar-refractivity contribution < 1.29 is 5.11 Å². The molecule has 16 heavy (non-hydrogen) atoms. The summed E-state index contributed by atoms with van der Waals surface area (Å²) < 4.78 is 0. The Kier molecular flexibility index (Phi) is 2.96. The molecule has 0 saturated carbocycles. The van der Waals surface area contributed by atoms with E-state index in [0.717, 1.165) is 16.8 Å². The van der Waals surface area contributed by atoms with E-state index in [-0.39, 0.29) is 5.75 Å². The normalized spacial score (nSPS) is 11.1. The van der Waals surface area contributed by atoms with Crippen LogP contribution in [0.2, 0.25) is 0 Å². The molecule has 0 unspecified atom stereocenters.